The summed E-state index contributed by atoms with van der Waals surface area (Å²) in [5.41, 5.74) is 2.39. The van der Waals surface area contributed by atoms with Crippen molar-refractivity contribution in [2.24, 2.45) is 0 Å². The van der Waals surface area contributed by atoms with E-state index in [0.717, 1.165) is 22.0 Å². The van der Waals surface area contributed by atoms with Gasteiger partial charge >= 0.3 is 0 Å². The van der Waals surface area contributed by atoms with Gasteiger partial charge in [-0.05, 0) is 43.2 Å². The van der Waals surface area contributed by atoms with Crippen LogP contribution in [-0.2, 0) is 22.3 Å². The molecule has 2 aromatic carbocycles. The highest BCUT2D eigenvalue weighted by Crippen LogP contribution is 2.23. The molecule has 0 aliphatic heterocycles. The molecule has 0 amide bonds. The van der Waals surface area contributed by atoms with Crippen LogP contribution in [0.4, 0.5) is 5.82 Å². The zero-order chi connectivity index (χ0) is 19.4. The number of nitrogens with zero attached hydrogens (tertiary/aromatic N) is 2. The molecule has 3 aromatic rings. The van der Waals surface area contributed by atoms with Gasteiger partial charge in [0.05, 0.1) is 11.3 Å². The summed E-state index contributed by atoms with van der Waals surface area (Å²) in [5.74, 6) is 0.609. The van der Waals surface area contributed by atoms with Gasteiger partial charge in [0.15, 0.2) is 0 Å². The molecule has 0 bridgehead atoms. The van der Waals surface area contributed by atoms with Crippen LogP contribution in [0.5, 0.6) is 0 Å². The average molecular weight is 405 g/mol. The zero-order valence-corrected chi connectivity index (χ0v) is 16.7. The number of hydrogen-bond acceptors (Lipinski definition) is 5. The van der Waals surface area contributed by atoms with Gasteiger partial charge < -0.3 is 5.32 Å². The molecule has 0 saturated carbocycles. The van der Waals surface area contributed by atoms with Gasteiger partial charge in [-0.3, -0.25) is 0 Å². The van der Waals surface area contributed by atoms with Crippen molar-refractivity contribution in [1.82, 2.24) is 14.7 Å². The van der Waals surface area contributed by atoms with Gasteiger partial charge in [0.2, 0.25) is 10.0 Å². The van der Waals surface area contributed by atoms with Crippen LogP contribution in [0.15, 0.2) is 48.8 Å². The minimum Gasteiger partial charge on any atom is -0.365 e. The molecule has 1 heterocycles. The van der Waals surface area contributed by atoms with Gasteiger partial charge in [-0.15, -0.1) is 0 Å². The molecular formula is C19H21ClN4O2S. The Bertz CT molecular complexity index is 1050. The second-order valence-electron chi connectivity index (χ2n) is 6.54. The molecule has 0 atom stereocenters. The SMILES string of the molecule is CC(C)NS(=O)(=O)Cc1ccccc1CNc1ncnc2cc(Cl)ccc12. The summed E-state index contributed by atoms with van der Waals surface area (Å²) < 4.78 is 27.2. The lowest BCUT2D eigenvalue weighted by atomic mass is 10.1. The summed E-state index contributed by atoms with van der Waals surface area (Å²) in [6.07, 6.45) is 1.48. The normalized spacial score (nSPS) is 11.9. The van der Waals surface area contributed by atoms with Crippen molar-refractivity contribution in [2.75, 3.05) is 5.32 Å². The third-order valence-electron chi connectivity index (χ3n) is 3.92. The number of hydrogen-bond donors (Lipinski definition) is 2. The average Bonchev–Trinajstić information content (AvgIpc) is 2.59. The molecule has 0 radical (unpaired) electrons. The first-order chi connectivity index (χ1) is 12.8. The number of benzene rings is 2. The zero-order valence-electron chi connectivity index (χ0n) is 15.1. The highest BCUT2D eigenvalue weighted by atomic mass is 35.5. The maximum Gasteiger partial charge on any atom is 0.216 e. The number of anilines is 1. The third-order valence-corrected chi connectivity index (χ3v) is 5.68. The monoisotopic (exact) mass is 404 g/mol. The first kappa shape index (κ1) is 19.5. The fourth-order valence-corrected chi connectivity index (χ4v) is 4.49. The Morgan fingerprint density at radius 1 is 1.07 bits per heavy atom. The molecule has 0 spiro atoms. The van der Waals surface area contributed by atoms with Crippen LogP contribution in [0.1, 0.15) is 25.0 Å². The third kappa shape index (κ3) is 5.15. The van der Waals surface area contributed by atoms with E-state index in [1.807, 2.05) is 30.3 Å². The largest absolute Gasteiger partial charge is 0.365 e. The predicted octanol–water partition coefficient (Wildman–Crippen LogP) is 3.72. The van der Waals surface area contributed by atoms with Crippen LogP contribution in [-0.4, -0.2) is 24.4 Å². The molecule has 27 heavy (non-hydrogen) atoms. The van der Waals surface area contributed by atoms with Gasteiger partial charge in [0, 0.05) is 23.0 Å². The summed E-state index contributed by atoms with van der Waals surface area (Å²) in [6.45, 7) is 4.05. The molecule has 6 nitrogen and oxygen atoms in total. The molecule has 0 aliphatic rings. The van der Waals surface area contributed by atoms with Gasteiger partial charge in [-0.2, -0.15) is 0 Å². The fourth-order valence-electron chi connectivity index (χ4n) is 2.83. The highest BCUT2D eigenvalue weighted by molar-refractivity contribution is 7.88. The minimum atomic E-state index is -3.40. The summed E-state index contributed by atoms with van der Waals surface area (Å²) in [6, 6.07) is 12.8. The summed E-state index contributed by atoms with van der Waals surface area (Å²) in [4.78, 5) is 8.53. The molecule has 142 valence electrons. The molecular weight excluding hydrogens is 384 g/mol. The Kier molecular flexibility index (Phi) is 5.94. The van der Waals surface area contributed by atoms with Crippen molar-refractivity contribution in [3.63, 3.8) is 0 Å². The van der Waals surface area contributed by atoms with E-state index in [1.54, 1.807) is 26.0 Å². The Morgan fingerprint density at radius 3 is 2.56 bits per heavy atom. The lowest BCUT2D eigenvalue weighted by molar-refractivity contribution is 0.569. The van der Waals surface area contributed by atoms with E-state index in [9.17, 15) is 8.42 Å². The highest BCUT2D eigenvalue weighted by Gasteiger charge is 2.15. The van der Waals surface area contributed by atoms with Crippen LogP contribution >= 0.6 is 11.6 Å². The second kappa shape index (κ2) is 8.21. The van der Waals surface area contributed by atoms with Gasteiger partial charge in [0.1, 0.15) is 12.1 Å². The number of halogens is 1. The standard InChI is InChI=1S/C19H21ClN4O2S/c1-13(2)24-27(25,26)11-15-6-4-3-5-14(15)10-21-19-17-8-7-16(20)9-18(17)22-12-23-19/h3-9,12-13,24H,10-11H2,1-2H3,(H,21,22,23). The Hall–Kier alpha value is -2.22. The molecule has 0 aliphatic carbocycles. The van der Waals surface area contributed by atoms with Crippen molar-refractivity contribution in [3.8, 4) is 0 Å². The summed E-state index contributed by atoms with van der Waals surface area (Å²) >= 11 is 6.02. The second-order valence-corrected chi connectivity index (χ2v) is 8.73. The van der Waals surface area contributed by atoms with E-state index in [-0.39, 0.29) is 11.8 Å². The number of sulfonamides is 1. The Balaban J connectivity index is 1.82. The van der Waals surface area contributed by atoms with Gasteiger partial charge in [-0.1, -0.05) is 35.9 Å². The Labute approximate surface area is 164 Å². The van der Waals surface area contributed by atoms with E-state index in [4.69, 9.17) is 11.6 Å². The van der Waals surface area contributed by atoms with Crippen LogP contribution in [0, 0.1) is 0 Å². The number of rotatable bonds is 7. The number of nitrogens with one attached hydrogen (secondary N) is 2. The van der Waals surface area contributed by atoms with E-state index in [2.05, 4.69) is 20.0 Å². The topological polar surface area (TPSA) is 84.0 Å². The van der Waals surface area contributed by atoms with Crippen molar-refractivity contribution in [3.05, 3.63) is 64.9 Å². The number of fused-ring (bicyclic) bond motifs is 1. The van der Waals surface area contributed by atoms with E-state index < -0.39 is 10.0 Å². The molecule has 1 aromatic heterocycles. The molecule has 0 unspecified atom stereocenters. The van der Waals surface area contributed by atoms with Crippen molar-refractivity contribution < 1.29 is 8.42 Å². The van der Waals surface area contributed by atoms with Crippen LogP contribution in [0.2, 0.25) is 5.02 Å². The first-order valence-electron chi connectivity index (χ1n) is 8.55. The van der Waals surface area contributed by atoms with Crippen LogP contribution < -0.4 is 10.0 Å². The lowest BCUT2D eigenvalue weighted by Crippen LogP contribution is -2.31. The molecule has 8 heteroatoms. The quantitative estimate of drug-likeness (QED) is 0.626. The lowest BCUT2D eigenvalue weighted by Gasteiger charge is -2.14. The van der Waals surface area contributed by atoms with Crippen molar-refractivity contribution >= 4 is 38.3 Å². The smallest absolute Gasteiger partial charge is 0.216 e. The Morgan fingerprint density at radius 2 is 1.81 bits per heavy atom. The summed E-state index contributed by atoms with van der Waals surface area (Å²) in [5, 5.41) is 4.75. The molecule has 2 N–H and O–H groups in total. The van der Waals surface area contributed by atoms with Crippen LogP contribution in [0.25, 0.3) is 10.9 Å². The fraction of sp³-hybridized carbons (Fsp3) is 0.263. The maximum absolute atomic E-state index is 12.3. The first-order valence-corrected chi connectivity index (χ1v) is 10.6. The van der Waals surface area contributed by atoms with E-state index >= 15 is 0 Å². The van der Waals surface area contributed by atoms with Crippen LogP contribution in [0.3, 0.4) is 0 Å². The van der Waals surface area contributed by atoms with E-state index in [0.29, 0.717) is 17.4 Å². The maximum atomic E-state index is 12.3. The van der Waals surface area contributed by atoms with Gasteiger partial charge in [-0.25, -0.2) is 23.1 Å². The van der Waals surface area contributed by atoms with Gasteiger partial charge in [0.25, 0.3) is 0 Å². The minimum absolute atomic E-state index is 0.0663. The molecule has 0 saturated heterocycles. The number of aromatic nitrogens is 2. The van der Waals surface area contributed by atoms with Crippen molar-refractivity contribution in [1.29, 1.82) is 0 Å². The molecule has 0 fully saturated rings. The molecule has 3 rings (SSSR count). The van der Waals surface area contributed by atoms with Crippen molar-refractivity contribution in [2.45, 2.75) is 32.2 Å². The van der Waals surface area contributed by atoms with E-state index in [1.165, 1.54) is 6.33 Å². The summed E-state index contributed by atoms with van der Waals surface area (Å²) in [7, 11) is -3.40. The predicted molar refractivity (Wildman–Crippen MR) is 109 cm³/mol.